The van der Waals surface area contributed by atoms with Crippen LogP contribution in [0.1, 0.15) is 12.7 Å². The molecular weight excluding hydrogens is 252 g/mol. The minimum absolute atomic E-state index is 0.542. The number of hydrogen-bond donors (Lipinski definition) is 1. The highest BCUT2D eigenvalue weighted by Crippen LogP contribution is 2.34. The van der Waals surface area contributed by atoms with Gasteiger partial charge in [-0.1, -0.05) is 6.92 Å². The van der Waals surface area contributed by atoms with Gasteiger partial charge in [0.25, 0.3) is 5.82 Å². The maximum atomic E-state index is 10.7. The second-order valence-corrected chi connectivity index (χ2v) is 2.92. The van der Waals surface area contributed by atoms with Gasteiger partial charge in [-0.3, -0.25) is 0 Å². The highest BCUT2D eigenvalue weighted by molar-refractivity contribution is 4.86. The molecule has 0 aliphatic heterocycles. The number of aryl methyl sites for hydroxylation is 2. The molecular formula is C8H11F6N3. The summed E-state index contributed by atoms with van der Waals surface area (Å²) < 4.78 is 66.1. The Balaban J connectivity index is 0.000000302. The lowest BCUT2D eigenvalue weighted by atomic mass is 10.5. The third-order valence-electron chi connectivity index (χ3n) is 1.56. The molecule has 100 valence electrons. The van der Waals surface area contributed by atoms with Crippen molar-refractivity contribution in [2.24, 2.45) is 7.05 Å². The van der Waals surface area contributed by atoms with Crippen molar-refractivity contribution in [1.82, 2.24) is 4.98 Å². The van der Waals surface area contributed by atoms with Crippen molar-refractivity contribution in [3.63, 3.8) is 0 Å². The zero-order valence-electron chi connectivity index (χ0n) is 9.02. The zero-order valence-corrected chi connectivity index (χ0v) is 9.02. The summed E-state index contributed by atoms with van der Waals surface area (Å²) in [5.74, 6) is 1.27. The van der Waals surface area contributed by atoms with Crippen molar-refractivity contribution >= 4 is 0 Å². The Morgan fingerprint density at radius 1 is 1.18 bits per heavy atom. The molecule has 0 fully saturated rings. The van der Waals surface area contributed by atoms with Crippen molar-refractivity contribution in [1.29, 1.82) is 0 Å². The molecule has 9 heteroatoms. The molecule has 1 N–H and O–H groups in total. The number of hydrogen-bond acceptors (Lipinski definition) is 0. The average molecular weight is 263 g/mol. The first kappa shape index (κ1) is 15.8. The van der Waals surface area contributed by atoms with Crippen molar-refractivity contribution in [3.8, 4) is 0 Å². The van der Waals surface area contributed by atoms with E-state index in [2.05, 4.69) is 16.5 Å². The van der Waals surface area contributed by atoms with Crippen molar-refractivity contribution in [2.75, 3.05) is 0 Å². The Labute approximate surface area is 93.4 Å². The van der Waals surface area contributed by atoms with Crippen LogP contribution in [-0.4, -0.2) is 17.6 Å². The smallest absolute Gasteiger partial charge is 0.318 e. The molecule has 0 aliphatic rings. The molecule has 0 bridgehead atoms. The van der Waals surface area contributed by atoms with Gasteiger partial charge in [-0.2, -0.15) is 26.3 Å². The lowest BCUT2D eigenvalue weighted by Gasteiger charge is -2.26. The van der Waals surface area contributed by atoms with Crippen LogP contribution in [0.25, 0.3) is 5.32 Å². The monoisotopic (exact) mass is 263 g/mol. The van der Waals surface area contributed by atoms with E-state index in [1.165, 1.54) is 5.82 Å². The average Bonchev–Trinajstić information content (AvgIpc) is 2.44. The van der Waals surface area contributed by atoms with Crippen LogP contribution in [0.2, 0.25) is 0 Å². The van der Waals surface area contributed by atoms with Gasteiger partial charge in [0.15, 0.2) is 0 Å². The molecule has 17 heavy (non-hydrogen) atoms. The van der Waals surface area contributed by atoms with E-state index in [9.17, 15) is 26.3 Å². The van der Waals surface area contributed by atoms with Crippen molar-refractivity contribution in [3.05, 3.63) is 23.5 Å². The molecule has 0 saturated carbocycles. The van der Waals surface area contributed by atoms with Gasteiger partial charge in [0.1, 0.15) is 12.4 Å². The third-order valence-corrected chi connectivity index (χ3v) is 1.56. The first-order valence-corrected chi connectivity index (χ1v) is 4.44. The SMILES string of the molecule is CCc1[nH]cc[n+]1C.FC(F)(F)[N-]C(F)(F)F. The Morgan fingerprint density at radius 3 is 1.76 bits per heavy atom. The van der Waals surface area contributed by atoms with Crippen molar-refractivity contribution < 1.29 is 30.9 Å². The molecule has 0 amide bonds. The van der Waals surface area contributed by atoms with Crippen LogP contribution in [0.15, 0.2) is 12.4 Å². The molecule has 0 aliphatic carbocycles. The Morgan fingerprint density at radius 2 is 1.65 bits per heavy atom. The predicted octanol–water partition coefficient (Wildman–Crippen LogP) is 2.80. The summed E-state index contributed by atoms with van der Waals surface area (Å²) in [6.45, 7) is 2.13. The maximum Gasteiger partial charge on any atom is 0.318 e. The fourth-order valence-electron chi connectivity index (χ4n) is 0.932. The van der Waals surface area contributed by atoms with Gasteiger partial charge in [-0.15, -0.1) is 0 Å². The highest BCUT2D eigenvalue weighted by Gasteiger charge is 2.27. The summed E-state index contributed by atoms with van der Waals surface area (Å²) in [5.41, 5.74) is 0. The molecule has 3 nitrogen and oxygen atoms in total. The van der Waals surface area contributed by atoms with E-state index >= 15 is 0 Å². The molecule has 1 aromatic heterocycles. The first-order chi connectivity index (χ1) is 7.55. The Hall–Kier alpha value is -1.25. The number of H-pyrrole nitrogens is 1. The quantitative estimate of drug-likeness (QED) is 0.459. The first-order valence-electron chi connectivity index (χ1n) is 4.44. The normalized spacial score (nSPS) is 12.0. The Bertz CT molecular complexity index is 315. The molecule has 0 saturated heterocycles. The summed E-state index contributed by atoms with van der Waals surface area (Å²) in [7, 11) is 2.04. The molecule has 0 radical (unpaired) electrons. The van der Waals surface area contributed by atoms with Gasteiger partial charge < -0.3 is 5.32 Å². The van der Waals surface area contributed by atoms with E-state index in [4.69, 9.17) is 0 Å². The van der Waals surface area contributed by atoms with Crippen LogP contribution < -0.4 is 4.57 Å². The topological polar surface area (TPSA) is 33.8 Å². The largest absolute Gasteiger partial charge is 0.478 e. The molecule has 0 spiro atoms. The number of aromatic amines is 1. The molecule has 1 rings (SSSR count). The molecule has 1 heterocycles. The number of nitrogens with one attached hydrogen (secondary N) is 1. The summed E-state index contributed by atoms with van der Waals surface area (Å²) in [6.07, 6.45) is -6.00. The number of nitrogens with zero attached hydrogens (tertiary/aromatic N) is 2. The van der Waals surface area contributed by atoms with Crippen LogP contribution >= 0.6 is 0 Å². The molecule has 0 atom stereocenters. The van der Waals surface area contributed by atoms with Crippen LogP contribution in [-0.2, 0) is 13.5 Å². The van der Waals surface area contributed by atoms with E-state index < -0.39 is 12.6 Å². The number of halogens is 6. The molecule has 1 aromatic rings. The minimum atomic E-state index is -5.52. The van der Waals surface area contributed by atoms with E-state index in [1.54, 1.807) is 0 Å². The number of aromatic nitrogens is 2. The van der Waals surface area contributed by atoms with Crippen LogP contribution in [0, 0.1) is 0 Å². The molecule has 0 aromatic carbocycles. The van der Waals surface area contributed by atoms with E-state index in [0.717, 1.165) is 6.42 Å². The molecule has 0 unspecified atom stereocenters. The van der Waals surface area contributed by atoms with Gasteiger partial charge in [-0.05, 0) is 0 Å². The van der Waals surface area contributed by atoms with E-state index in [-0.39, 0.29) is 0 Å². The number of rotatable bonds is 1. The fraction of sp³-hybridized carbons (Fsp3) is 0.625. The van der Waals surface area contributed by atoms with Crippen LogP contribution in [0.4, 0.5) is 26.3 Å². The van der Waals surface area contributed by atoms with E-state index in [1.807, 2.05) is 19.4 Å². The van der Waals surface area contributed by atoms with Gasteiger partial charge in [0, 0.05) is 6.42 Å². The maximum absolute atomic E-state index is 10.7. The lowest BCUT2D eigenvalue weighted by molar-refractivity contribution is -0.677. The lowest BCUT2D eigenvalue weighted by Crippen LogP contribution is -2.29. The van der Waals surface area contributed by atoms with Gasteiger partial charge in [0.05, 0.1) is 7.05 Å². The van der Waals surface area contributed by atoms with Crippen LogP contribution in [0.5, 0.6) is 0 Å². The fourth-order valence-corrected chi connectivity index (χ4v) is 0.932. The predicted molar refractivity (Wildman–Crippen MR) is 46.8 cm³/mol. The summed E-state index contributed by atoms with van der Waals surface area (Å²) in [4.78, 5) is 3.12. The van der Waals surface area contributed by atoms with Gasteiger partial charge in [0.2, 0.25) is 0 Å². The highest BCUT2D eigenvalue weighted by atomic mass is 19.4. The van der Waals surface area contributed by atoms with Gasteiger partial charge in [-0.25, -0.2) is 9.55 Å². The van der Waals surface area contributed by atoms with E-state index in [0.29, 0.717) is 5.32 Å². The standard InChI is InChI=1S/C6H10N2.C2F6N/c1-3-6-7-4-5-8(6)2;3-1(4,5)9-2(6,7)8/h4-5H,3H2,1-2H3;/q;-1/p+1. The number of imidazole rings is 1. The second-order valence-electron chi connectivity index (χ2n) is 2.92. The zero-order chi connectivity index (χ0) is 13.7. The third kappa shape index (κ3) is 8.55. The summed E-state index contributed by atoms with van der Waals surface area (Å²) in [6, 6.07) is 0. The Kier molecular flexibility index (Phi) is 5.46. The van der Waals surface area contributed by atoms with Gasteiger partial charge >= 0.3 is 12.6 Å². The minimum Gasteiger partial charge on any atom is -0.478 e. The van der Waals surface area contributed by atoms with Crippen LogP contribution in [0.3, 0.4) is 0 Å². The second kappa shape index (κ2) is 5.89. The summed E-state index contributed by atoms with van der Waals surface area (Å²) in [5, 5.41) is 0.542. The summed E-state index contributed by atoms with van der Waals surface area (Å²) >= 11 is 0. The van der Waals surface area contributed by atoms with Crippen molar-refractivity contribution in [2.45, 2.75) is 25.9 Å². The number of alkyl halides is 6.